The van der Waals surface area contributed by atoms with Crippen LogP contribution < -0.4 is 0 Å². The van der Waals surface area contributed by atoms with E-state index in [0.29, 0.717) is 17.2 Å². The lowest BCUT2D eigenvalue weighted by molar-refractivity contribution is 0.259. The van der Waals surface area contributed by atoms with Gasteiger partial charge in [-0.1, -0.05) is 109 Å². The van der Waals surface area contributed by atoms with Gasteiger partial charge < -0.3 is 15.3 Å². The molecule has 6 fully saturated rings. The van der Waals surface area contributed by atoms with Crippen molar-refractivity contribution in [2.24, 2.45) is 59.2 Å². The van der Waals surface area contributed by atoms with Gasteiger partial charge in [-0.25, -0.2) is 0 Å². The van der Waals surface area contributed by atoms with Gasteiger partial charge in [0.05, 0.1) is 0 Å². The molecule has 3 nitrogen and oxygen atoms in total. The summed E-state index contributed by atoms with van der Waals surface area (Å²) in [4.78, 5) is 0. The summed E-state index contributed by atoms with van der Waals surface area (Å²) in [6.07, 6.45) is 18.4. The van der Waals surface area contributed by atoms with E-state index in [-0.39, 0.29) is 0 Å². The number of hydrogen-bond donors (Lipinski definition) is 3. The molecule has 8 unspecified atom stereocenters. The molecular weight excluding hydrogens is 601 g/mol. The third-order valence-electron chi connectivity index (χ3n) is 11.5. The van der Waals surface area contributed by atoms with Crippen LogP contribution in [0.1, 0.15) is 119 Å². The zero-order valence-corrected chi connectivity index (χ0v) is 31.8. The van der Waals surface area contributed by atoms with Crippen LogP contribution in [-0.4, -0.2) is 15.3 Å². The normalized spacial score (nSPS) is 31.5. The zero-order valence-electron chi connectivity index (χ0n) is 31.8. The Bertz CT molecular complexity index is 1060. The number of benzene rings is 3. The Kier molecular flexibility index (Phi) is 18.2. The Morgan fingerprint density at radius 3 is 0.755 bits per heavy atom. The molecule has 3 N–H and O–H groups in total. The molecule has 8 atom stereocenters. The quantitative estimate of drug-likeness (QED) is 0.223. The first-order valence-corrected chi connectivity index (χ1v) is 19.9. The maximum absolute atomic E-state index is 8.63. The van der Waals surface area contributed by atoms with Gasteiger partial charge in [0.25, 0.3) is 0 Å². The highest BCUT2D eigenvalue weighted by molar-refractivity contribution is 5.19. The van der Waals surface area contributed by atoms with Crippen molar-refractivity contribution in [3.8, 4) is 17.2 Å². The van der Waals surface area contributed by atoms with Crippen molar-refractivity contribution < 1.29 is 15.3 Å². The summed E-state index contributed by atoms with van der Waals surface area (Å²) in [6.45, 7) is 13.4. The smallest absolute Gasteiger partial charge is 0.115 e. The van der Waals surface area contributed by atoms with Crippen LogP contribution in [0.25, 0.3) is 0 Å². The molecule has 3 heteroatoms. The summed E-state index contributed by atoms with van der Waals surface area (Å²) in [6, 6.07) is 26.1. The summed E-state index contributed by atoms with van der Waals surface area (Å²) >= 11 is 0. The molecule has 6 saturated carbocycles. The van der Waals surface area contributed by atoms with Crippen molar-refractivity contribution in [2.75, 3.05) is 0 Å². The first kappa shape index (κ1) is 40.5. The van der Waals surface area contributed by atoms with Gasteiger partial charge in [-0.05, 0) is 160 Å². The highest BCUT2D eigenvalue weighted by atomic mass is 16.3. The van der Waals surface area contributed by atoms with Crippen molar-refractivity contribution in [2.45, 2.75) is 119 Å². The van der Waals surface area contributed by atoms with Gasteiger partial charge >= 0.3 is 0 Å². The zero-order chi connectivity index (χ0) is 35.6. The minimum absolute atomic E-state index is 0.322. The fourth-order valence-corrected chi connectivity index (χ4v) is 9.86. The molecule has 0 aromatic heterocycles. The maximum atomic E-state index is 8.63. The Balaban J connectivity index is 0.000000162. The number of para-hydroxylation sites is 3. The number of phenols is 3. The predicted molar refractivity (Wildman–Crippen MR) is 209 cm³/mol. The van der Waals surface area contributed by atoms with E-state index in [0.717, 1.165) is 11.8 Å². The van der Waals surface area contributed by atoms with Crippen molar-refractivity contribution in [1.29, 1.82) is 0 Å². The first-order chi connectivity index (χ1) is 23.7. The molecule has 0 saturated heterocycles. The molecule has 49 heavy (non-hydrogen) atoms. The topological polar surface area (TPSA) is 60.7 Å². The fourth-order valence-electron chi connectivity index (χ4n) is 9.86. The fraction of sp³-hybridized carbons (Fsp3) is 0.609. The van der Waals surface area contributed by atoms with Gasteiger partial charge in [0, 0.05) is 0 Å². The van der Waals surface area contributed by atoms with E-state index in [2.05, 4.69) is 41.5 Å². The number of aromatic hydroxyl groups is 3. The van der Waals surface area contributed by atoms with Crippen molar-refractivity contribution in [1.82, 2.24) is 0 Å². The molecule has 3 aromatic rings. The Labute approximate surface area is 300 Å². The molecule has 6 aliphatic rings. The number of phenolic OH excluding ortho intramolecular Hbond substituents is 3. The lowest BCUT2D eigenvalue weighted by Gasteiger charge is -2.23. The first-order valence-electron chi connectivity index (χ1n) is 19.9. The SMILES string of the molecule is CC1CC2C3CCC(C3)C2C1.CC1CC2C3CCC(C3)C2C1.CCC.CCC.Oc1ccccc1.Oc1ccccc1.Oc1ccccc1. The van der Waals surface area contributed by atoms with Crippen LogP contribution in [0.3, 0.4) is 0 Å². The average molecular weight is 671 g/mol. The molecule has 0 aliphatic heterocycles. The number of rotatable bonds is 0. The largest absolute Gasteiger partial charge is 0.508 e. The summed E-state index contributed by atoms with van der Waals surface area (Å²) < 4.78 is 0. The van der Waals surface area contributed by atoms with Crippen molar-refractivity contribution in [3.05, 3.63) is 91.0 Å². The second-order valence-corrected chi connectivity index (χ2v) is 15.9. The number of hydrogen-bond acceptors (Lipinski definition) is 3. The molecule has 272 valence electrons. The monoisotopic (exact) mass is 671 g/mol. The highest BCUT2D eigenvalue weighted by Gasteiger charge is 2.51. The maximum Gasteiger partial charge on any atom is 0.115 e. The summed E-state index contributed by atoms with van der Waals surface area (Å²) in [5.41, 5.74) is 0. The second-order valence-electron chi connectivity index (χ2n) is 15.9. The third kappa shape index (κ3) is 13.4. The standard InChI is InChI=1S/2C11H18.3C6H6O.2C3H8/c2*1-7-4-10-8-2-3-9(6-8)11(10)5-7;3*7-6-4-2-1-3-5-6;2*1-3-2/h2*7-11H,2-6H2,1H3;3*1-5,7H;2*3H2,1-2H3. The van der Waals surface area contributed by atoms with Crippen molar-refractivity contribution >= 4 is 0 Å². The van der Waals surface area contributed by atoms with Crippen LogP contribution in [0.2, 0.25) is 0 Å². The molecule has 0 heterocycles. The van der Waals surface area contributed by atoms with Crippen LogP contribution in [0.4, 0.5) is 0 Å². The van der Waals surface area contributed by atoms with Gasteiger partial charge in [0.15, 0.2) is 0 Å². The Morgan fingerprint density at radius 1 is 0.388 bits per heavy atom. The molecule has 6 aliphatic carbocycles. The van der Waals surface area contributed by atoms with E-state index in [1.165, 1.54) is 60.2 Å². The summed E-state index contributed by atoms with van der Waals surface area (Å²) in [7, 11) is 0. The van der Waals surface area contributed by atoms with Gasteiger partial charge in [-0.15, -0.1) is 0 Å². The lowest BCUT2D eigenvalue weighted by Crippen LogP contribution is -2.15. The van der Waals surface area contributed by atoms with Crippen LogP contribution in [0.5, 0.6) is 17.2 Å². The van der Waals surface area contributed by atoms with Crippen LogP contribution in [0.15, 0.2) is 91.0 Å². The molecular formula is C46H70O3. The van der Waals surface area contributed by atoms with Crippen LogP contribution in [-0.2, 0) is 0 Å². The summed E-state index contributed by atoms with van der Waals surface area (Å²) in [5.74, 6) is 12.5. The van der Waals surface area contributed by atoms with E-state index < -0.39 is 0 Å². The average Bonchev–Trinajstić information content (AvgIpc) is 3.94. The number of fused-ring (bicyclic) bond motifs is 10. The van der Waals surface area contributed by atoms with Gasteiger partial charge in [0.1, 0.15) is 17.2 Å². The highest BCUT2D eigenvalue weighted by Crippen LogP contribution is 2.60. The molecule has 0 spiro atoms. The van der Waals surface area contributed by atoms with E-state index in [4.69, 9.17) is 15.3 Å². The Hall–Kier alpha value is -2.94. The van der Waals surface area contributed by atoms with Crippen LogP contribution in [0, 0.1) is 59.2 Å². The predicted octanol–water partition coefficient (Wildman–Crippen LogP) is 13.2. The molecule has 3 aromatic carbocycles. The lowest BCUT2D eigenvalue weighted by atomic mass is 9.82. The van der Waals surface area contributed by atoms with Gasteiger partial charge in [-0.2, -0.15) is 0 Å². The minimum Gasteiger partial charge on any atom is -0.508 e. The van der Waals surface area contributed by atoms with E-state index in [1.54, 1.807) is 137 Å². The van der Waals surface area contributed by atoms with E-state index >= 15 is 0 Å². The Morgan fingerprint density at radius 2 is 0.592 bits per heavy atom. The second kappa shape index (κ2) is 22.0. The van der Waals surface area contributed by atoms with Gasteiger partial charge in [-0.3, -0.25) is 0 Å². The van der Waals surface area contributed by atoms with E-state index in [1.807, 2.05) is 18.2 Å². The summed E-state index contributed by atoms with van der Waals surface area (Å²) in [5, 5.41) is 25.9. The molecule has 0 amide bonds. The third-order valence-corrected chi connectivity index (χ3v) is 11.5. The minimum atomic E-state index is 0.322. The molecule has 0 radical (unpaired) electrons. The molecule has 9 rings (SSSR count). The molecule has 4 bridgehead atoms. The van der Waals surface area contributed by atoms with Crippen molar-refractivity contribution in [3.63, 3.8) is 0 Å². The van der Waals surface area contributed by atoms with Gasteiger partial charge in [0.2, 0.25) is 0 Å². The van der Waals surface area contributed by atoms with Crippen LogP contribution >= 0.6 is 0 Å². The van der Waals surface area contributed by atoms with E-state index in [9.17, 15) is 0 Å².